The van der Waals surface area contributed by atoms with E-state index in [1.807, 2.05) is 0 Å². The maximum atomic E-state index is 5.49. The predicted octanol–water partition coefficient (Wildman–Crippen LogP) is 3.59. The molecule has 1 aromatic heterocycles. The van der Waals surface area contributed by atoms with Crippen molar-refractivity contribution >= 4 is 27.2 Å². The third kappa shape index (κ3) is 2.65. The Balaban J connectivity index is 1.76. The second kappa shape index (κ2) is 5.24. The summed E-state index contributed by atoms with van der Waals surface area (Å²) in [5, 5.41) is 4.75. The summed E-state index contributed by atoms with van der Waals surface area (Å²) in [6.45, 7) is 3.84. The Morgan fingerprint density at radius 3 is 3.22 bits per heavy atom. The zero-order chi connectivity index (χ0) is 12.4. The Labute approximate surface area is 111 Å². The van der Waals surface area contributed by atoms with Crippen molar-refractivity contribution in [1.82, 2.24) is 4.98 Å². The summed E-state index contributed by atoms with van der Waals surface area (Å²) in [7, 11) is 0. The van der Waals surface area contributed by atoms with Gasteiger partial charge in [-0.05, 0) is 44.4 Å². The van der Waals surface area contributed by atoms with Gasteiger partial charge in [0, 0.05) is 24.9 Å². The third-order valence-electron chi connectivity index (χ3n) is 3.32. The van der Waals surface area contributed by atoms with Gasteiger partial charge < -0.3 is 10.1 Å². The lowest BCUT2D eigenvalue weighted by atomic mass is 10.1. The molecule has 2 aromatic rings. The van der Waals surface area contributed by atoms with Gasteiger partial charge in [0.25, 0.3) is 0 Å². The number of thiazole rings is 1. The maximum absolute atomic E-state index is 5.49. The van der Waals surface area contributed by atoms with Crippen LogP contribution in [0, 0.1) is 6.92 Å². The SMILES string of the molecule is Cc1nc2ccc(NC3CCCOCC3)cc2s1. The van der Waals surface area contributed by atoms with Crippen molar-refractivity contribution < 1.29 is 4.74 Å². The first-order valence-corrected chi connectivity index (χ1v) is 7.34. The van der Waals surface area contributed by atoms with Gasteiger partial charge in [-0.25, -0.2) is 4.98 Å². The van der Waals surface area contributed by atoms with Gasteiger partial charge in [0.15, 0.2) is 0 Å². The van der Waals surface area contributed by atoms with E-state index in [1.165, 1.54) is 16.8 Å². The number of ether oxygens (including phenoxy) is 1. The van der Waals surface area contributed by atoms with Crippen LogP contribution in [0.2, 0.25) is 0 Å². The molecule has 1 saturated heterocycles. The van der Waals surface area contributed by atoms with Crippen LogP contribution in [0.15, 0.2) is 18.2 Å². The van der Waals surface area contributed by atoms with Gasteiger partial charge in [-0.2, -0.15) is 0 Å². The van der Waals surface area contributed by atoms with E-state index in [4.69, 9.17) is 4.74 Å². The summed E-state index contributed by atoms with van der Waals surface area (Å²) in [5.74, 6) is 0. The zero-order valence-corrected chi connectivity index (χ0v) is 11.4. The standard InChI is InChI=1S/C14H18N2OS/c1-10-15-13-5-4-12(9-14(13)18-10)16-11-3-2-7-17-8-6-11/h4-5,9,11,16H,2-3,6-8H2,1H3. The molecular weight excluding hydrogens is 244 g/mol. The lowest BCUT2D eigenvalue weighted by molar-refractivity contribution is 0.144. The molecule has 1 unspecified atom stereocenters. The van der Waals surface area contributed by atoms with E-state index in [0.29, 0.717) is 6.04 Å². The molecule has 1 fully saturated rings. The minimum atomic E-state index is 0.541. The van der Waals surface area contributed by atoms with Gasteiger partial charge in [-0.3, -0.25) is 0 Å². The molecule has 0 saturated carbocycles. The van der Waals surface area contributed by atoms with Gasteiger partial charge in [0.05, 0.1) is 15.2 Å². The first-order chi connectivity index (χ1) is 8.81. The Bertz CT molecular complexity index is 530. The molecule has 1 aliphatic rings. The summed E-state index contributed by atoms with van der Waals surface area (Å²) in [6, 6.07) is 6.99. The topological polar surface area (TPSA) is 34.2 Å². The van der Waals surface area contributed by atoms with Gasteiger partial charge in [0.2, 0.25) is 0 Å². The molecule has 0 spiro atoms. The zero-order valence-electron chi connectivity index (χ0n) is 10.6. The van der Waals surface area contributed by atoms with Crippen molar-refractivity contribution in [2.75, 3.05) is 18.5 Å². The molecule has 3 rings (SSSR count). The molecule has 0 bridgehead atoms. The van der Waals surface area contributed by atoms with Crippen molar-refractivity contribution in [2.24, 2.45) is 0 Å². The first kappa shape index (κ1) is 11.9. The van der Waals surface area contributed by atoms with Crippen molar-refractivity contribution in [3.63, 3.8) is 0 Å². The average molecular weight is 262 g/mol. The summed E-state index contributed by atoms with van der Waals surface area (Å²) in [6.07, 6.45) is 3.44. The molecule has 1 atom stereocenters. The van der Waals surface area contributed by atoms with Crippen LogP contribution < -0.4 is 5.32 Å². The third-order valence-corrected chi connectivity index (χ3v) is 4.25. The Hall–Kier alpha value is -1.13. The number of fused-ring (bicyclic) bond motifs is 1. The fourth-order valence-electron chi connectivity index (χ4n) is 2.41. The molecule has 0 radical (unpaired) electrons. The molecule has 1 N–H and O–H groups in total. The highest BCUT2D eigenvalue weighted by Gasteiger charge is 2.12. The summed E-state index contributed by atoms with van der Waals surface area (Å²) in [5.41, 5.74) is 2.31. The molecule has 2 heterocycles. The van der Waals surface area contributed by atoms with Crippen LogP contribution in [-0.4, -0.2) is 24.2 Å². The molecule has 96 valence electrons. The van der Waals surface area contributed by atoms with Crippen LogP contribution in [-0.2, 0) is 4.74 Å². The van der Waals surface area contributed by atoms with E-state index in [-0.39, 0.29) is 0 Å². The van der Waals surface area contributed by atoms with E-state index in [9.17, 15) is 0 Å². The molecule has 0 amide bonds. The number of benzene rings is 1. The van der Waals surface area contributed by atoms with Crippen LogP contribution in [0.3, 0.4) is 0 Å². The van der Waals surface area contributed by atoms with Crippen molar-refractivity contribution in [3.05, 3.63) is 23.2 Å². The van der Waals surface area contributed by atoms with Gasteiger partial charge in [-0.1, -0.05) is 0 Å². The number of aryl methyl sites for hydroxylation is 1. The summed E-state index contributed by atoms with van der Waals surface area (Å²) >= 11 is 1.76. The Morgan fingerprint density at radius 1 is 1.33 bits per heavy atom. The lowest BCUT2D eigenvalue weighted by Gasteiger charge is -2.16. The molecule has 1 aliphatic heterocycles. The number of hydrogen-bond donors (Lipinski definition) is 1. The summed E-state index contributed by atoms with van der Waals surface area (Å²) < 4.78 is 6.75. The second-order valence-corrected chi connectivity index (χ2v) is 6.03. The number of nitrogens with zero attached hydrogens (tertiary/aromatic N) is 1. The molecular formula is C14H18N2OS. The first-order valence-electron chi connectivity index (χ1n) is 6.53. The Morgan fingerprint density at radius 2 is 2.28 bits per heavy atom. The van der Waals surface area contributed by atoms with E-state index >= 15 is 0 Å². The average Bonchev–Trinajstić information content (AvgIpc) is 2.56. The highest BCUT2D eigenvalue weighted by atomic mass is 32.1. The number of aromatic nitrogens is 1. The maximum Gasteiger partial charge on any atom is 0.0907 e. The molecule has 1 aromatic carbocycles. The molecule has 0 aliphatic carbocycles. The van der Waals surface area contributed by atoms with Crippen LogP contribution in [0.5, 0.6) is 0 Å². The molecule has 18 heavy (non-hydrogen) atoms. The van der Waals surface area contributed by atoms with Crippen molar-refractivity contribution in [3.8, 4) is 0 Å². The van der Waals surface area contributed by atoms with E-state index in [1.54, 1.807) is 11.3 Å². The fraction of sp³-hybridized carbons (Fsp3) is 0.500. The van der Waals surface area contributed by atoms with E-state index in [2.05, 4.69) is 35.4 Å². The van der Waals surface area contributed by atoms with Crippen LogP contribution in [0.4, 0.5) is 5.69 Å². The molecule has 4 heteroatoms. The van der Waals surface area contributed by atoms with Gasteiger partial charge in [0.1, 0.15) is 0 Å². The lowest BCUT2D eigenvalue weighted by Crippen LogP contribution is -2.19. The van der Waals surface area contributed by atoms with Gasteiger partial charge in [-0.15, -0.1) is 11.3 Å². The van der Waals surface area contributed by atoms with Gasteiger partial charge >= 0.3 is 0 Å². The fourth-order valence-corrected chi connectivity index (χ4v) is 3.28. The van der Waals surface area contributed by atoms with Crippen molar-refractivity contribution in [1.29, 1.82) is 0 Å². The number of nitrogens with one attached hydrogen (secondary N) is 1. The smallest absolute Gasteiger partial charge is 0.0907 e. The number of anilines is 1. The quantitative estimate of drug-likeness (QED) is 0.898. The normalized spacial score (nSPS) is 20.8. The minimum Gasteiger partial charge on any atom is -0.382 e. The van der Waals surface area contributed by atoms with E-state index in [0.717, 1.165) is 36.6 Å². The monoisotopic (exact) mass is 262 g/mol. The highest BCUT2D eigenvalue weighted by molar-refractivity contribution is 7.18. The molecule has 3 nitrogen and oxygen atoms in total. The summed E-state index contributed by atoms with van der Waals surface area (Å²) in [4.78, 5) is 4.49. The minimum absolute atomic E-state index is 0.541. The largest absolute Gasteiger partial charge is 0.382 e. The van der Waals surface area contributed by atoms with Crippen molar-refractivity contribution in [2.45, 2.75) is 32.2 Å². The number of hydrogen-bond acceptors (Lipinski definition) is 4. The van der Waals surface area contributed by atoms with E-state index < -0.39 is 0 Å². The van der Waals surface area contributed by atoms with Crippen LogP contribution >= 0.6 is 11.3 Å². The van der Waals surface area contributed by atoms with Crippen LogP contribution in [0.25, 0.3) is 10.2 Å². The predicted molar refractivity (Wildman–Crippen MR) is 76.4 cm³/mol. The number of rotatable bonds is 2. The second-order valence-electron chi connectivity index (χ2n) is 4.80. The van der Waals surface area contributed by atoms with Crippen LogP contribution in [0.1, 0.15) is 24.3 Å². The Kier molecular flexibility index (Phi) is 3.48. The highest BCUT2D eigenvalue weighted by Crippen LogP contribution is 2.26.